The summed E-state index contributed by atoms with van der Waals surface area (Å²) in [5.74, 6) is 1.01. The minimum atomic E-state index is -0.397. The van der Waals surface area contributed by atoms with Gasteiger partial charge in [-0.3, -0.25) is 4.79 Å². The van der Waals surface area contributed by atoms with Crippen molar-refractivity contribution in [3.05, 3.63) is 248 Å². The van der Waals surface area contributed by atoms with Crippen LogP contribution in [0, 0.1) is 13.8 Å². The lowest BCUT2D eigenvalue weighted by Gasteiger charge is -2.32. The predicted molar refractivity (Wildman–Crippen MR) is 427 cm³/mol. The smallest absolute Gasteiger partial charge is 0.399 e. The van der Waals surface area contributed by atoms with Crippen molar-refractivity contribution < 1.29 is 23.4 Å². The monoisotopic (exact) mass is 1370 g/mol. The lowest BCUT2D eigenvalue weighted by Crippen LogP contribution is -2.41. The van der Waals surface area contributed by atoms with Crippen molar-refractivity contribution in [1.82, 2.24) is 0 Å². The predicted octanol–water partition coefficient (Wildman–Crippen LogP) is 23.3. The van der Waals surface area contributed by atoms with E-state index in [9.17, 15) is 4.79 Å². The number of rotatable bonds is 7. The van der Waals surface area contributed by atoms with Crippen molar-refractivity contribution in [2.45, 2.75) is 184 Å². The topological polar surface area (TPSA) is 54.0 Å². The molecule has 12 aromatic rings. The molecule has 8 heteroatoms. The van der Waals surface area contributed by atoms with Gasteiger partial charge in [0.1, 0.15) is 0 Å². The highest BCUT2D eigenvalue weighted by Crippen LogP contribution is 2.58. The van der Waals surface area contributed by atoms with Crippen LogP contribution >= 0.6 is 15.9 Å². The van der Waals surface area contributed by atoms with Crippen molar-refractivity contribution in [1.29, 1.82) is 0 Å². The Morgan fingerprint density at radius 1 is 0.364 bits per heavy atom. The number of ketones is 1. The fourth-order valence-electron chi connectivity index (χ4n) is 15.6. The van der Waals surface area contributed by atoms with Gasteiger partial charge in [-0.15, -0.1) is 0 Å². The number of Topliss-reactive ketones (excluding diaryl/α,β-unsaturated/α-hetero) is 1. The minimum Gasteiger partial charge on any atom is -0.399 e. The first-order valence-corrected chi connectivity index (χ1v) is 36.4. The average Bonchev–Trinajstić information content (AvgIpc) is 1.57. The number of allylic oxidation sites excluding steroid dienone is 4. The molecule has 12 aromatic carbocycles. The molecule has 0 spiro atoms. The van der Waals surface area contributed by atoms with Crippen molar-refractivity contribution in [2.75, 3.05) is 0 Å². The van der Waals surface area contributed by atoms with Gasteiger partial charge in [-0.2, -0.15) is 0 Å². The number of carbonyl (C=O) groups excluding carboxylic acids is 1. The molecule has 0 radical (unpaired) electrons. The zero-order valence-electron chi connectivity index (χ0n) is 61.6. The number of benzene rings is 12. The fourth-order valence-corrected chi connectivity index (χ4v) is 16.1. The molecular weight excluding hydrogens is 1270 g/mol. The standard InChI is InChI=1S/C38H39BO2.C29H19BrO.C24H35BO2/c1-22(2)24-12-9-13-25(23(3)4)34(24)29-18-19-30-31-20-21-33(39-40-37(5,6)38(7,8)41-39)32-17-11-16-27(36(31)32)26-14-10-15-28(29)35(26)30;1-16-8-3-5-10-18(16)27-25-21-13-7-12-20-23(30)15-14-22(24(20)21)26(25)28(29(27)31)19-11-6-4-9-17(19)2;1-21(2,3)17-11-12-19-16(13-17)14-18(22(4,5)6)15-20(19)25-26-23(7,8)24(9,10)27-25/h9-23H,1-8H3;3-15H,1-2H3;11-15H,1-10H3. The molecule has 16 rings (SSSR count). The Morgan fingerprint density at radius 3 is 1.29 bits per heavy atom. The highest BCUT2D eigenvalue weighted by Gasteiger charge is 2.54. The van der Waals surface area contributed by atoms with Crippen molar-refractivity contribution in [2.24, 2.45) is 0 Å². The molecule has 0 bridgehead atoms. The molecule has 2 fully saturated rings. The quantitative estimate of drug-likeness (QED) is 0.0904. The first kappa shape index (κ1) is 68.2. The van der Waals surface area contributed by atoms with Crippen LogP contribution < -0.4 is 10.9 Å². The highest BCUT2D eigenvalue weighted by atomic mass is 79.9. The third kappa shape index (κ3) is 11.3. The van der Waals surface area contributed by atoms with Crippen LogP contribution in [0.3, 0.4) is 0 Å². The maximum Gasteiger partial charge on any atom is 0.495 e. The molecule has 0 aromatic heterocycles. The van der Waals surface area contributed by atoms with E-state index in [0.29, 0.717) is 11.8 Å². The summed E-state index contributed by atoms with van der Waals surface area (Å²) in [5, 5.41) is 15.2. The van der Waals surface area contributed by atoms with E-state index in [1.807, 2.05) is 24.3 Å². The molecule has 2 aliphatic heterocycles. The Labute approximate surface area is 596 Å². The molecule has 2 saturated heterocycles. The second-order valence-electron chi connectivity index (χ2n) is 32.9. The van der Waals surface area contributed by atoms with Gasteiger partial charge in [0.25, 0.3) is 0 Å². The van der Waals surface area contributed by atoms with Gasteiger partial charge >= 0.3 is 14.2 Å². The number of hydrogen-bond acceptors (Lipinski definition) is 5. The summed E-state index contributed by atoms with van der Waals surface area (Å²) >= 11 is 3.73. The van der Waals surface area contributed by atoms with Gasteiger partial charge in [0, 0.05) is 26.8 Å². The van der Waals surface area contributed by atoms with E-state index in [0.717, 1.165) is 71.1 Å². The SMILES string of the molecule is CC(C)(C)c1ccc2c(B3OC(C)(C)C(C)(C)O3)cc(C(C)(C)C)cc2c1.CC(C)c1cccc(C(C)C)c1-c1ccc2c3ccc(B4OC(C)(C)C(C)(C)O4)c4cccc(c5cccc1c52)c43.Cc1ccccc1C1=C2C(=C(c3ccccc3C)C1=O)c1ccc(Br)c3cccc2c13. The maximum absolute atomic E-state index is 14.1. The first-order valence-electron chi connectivity index (χ1n) is 35.6. The van der Waals surface area contributed by atoms with Crippen molar-refractivity contribution in [3.63, 3.8) is 0 Å². The molecule has 0 atom stereocenters. The zero-order valence-corrected chi connectivity index (χ0v) is 63.2. The molecule has 0 amide bonds. The summed E-state index contributed by atoms with van der Waals surface area (Å²) in [4.78, 5) is 14.1. The summed E-state index contributed by atoms with van der Waals surface area (Å²) < 4.78 is 26.9. The Kier molecular flexibility index (Phi) is 16.8. The Bertz CT molecular complexity index is 5210. The molecule has 500 valence electrons. The normalized spacial score (nSPS) is 17.0. The fraction of sp³-hybridized carbons (Fsp3) is 0.308. The molecule has 0 saturated carbocycles. The van der Waals surface area contributed by atoms with Crippen molar-refractivity contribution >= 4 is 134 Å². The lowest BCUT2D eigenvalue weighted by molar-refractivity contribution is -0.108. The maximum atomic E-state index is 14.1. The van der Waals surface area contributed by atoms with E-state index in [4.69, 9.17) is 18.6 Å². The van der Waals surface area contributed by atoms with E-state index in [2.05, 4.69) is 318 Å². The largest absolute Gasteiger partial charge is 0.495 e. The minimum absolute atomic E-state index is 0.0598. The molecule has 99 heavy (non-hydrogen) atoms. The Balaban J connectivity index is 0.000000130. The second-order valence-corrected chi connectivity index (χ2v) is 33.8. The van der Waals surface area contributed by atoms with Crippen LogP contribution in [-0.2, 0) is 34.2 Å². The average molecular weight is 1370 g/mol. The number of hydrogen-bond donors (Lipinski definition) is 0. The summed E-state index contributed by atoms with van der Waals surface area (Å²) in [6.07, 6.45) is 0. The van der Waals surface area contributed by atoms with Crippen LogP contribution in [0.5, 0.6) is 0 Å². The third-order valence-corrected chi connectivity index (χ3v) is 23.3. The summed E-state index contributed by atoms with van der Waals surface area (Å²) in [5.41, 5.74) is 19.6. The molecule has 5 nitrogen and oxygen atoms in total. The van der Waals surface area contributed by atoms with E-state index in [1.54, 1.807) is 0 Å². The number of halogens is 1. The molecule has 0 unspecified atom stereocenters. The Hall–Kier alpha value is -7.94. The van der Waals surface area contributed by atoms with E-state index in [-0.39, 0.29) is 46.1 Å². The molecule has 4 aliphatic rings. The lowest BCUT2D eigenvalue weighted by atomic mass is 9.72. The molecule has 2 heterocycles. The number of carbonyl (C=O) groups is 1. The van der Waals surface area contributed by atoms with E-state index in [1.165, 1.54) is 98.0 Å². The summed E-state index contributed by atoms with van der Waals surface area (Å²) in [7, 11) is -0.744. The van der Waals surface area contributed by atoms with Gasteiger partial charge in [-0.1, -0.05) is 267 Å². The van der Waals surface area contributed by atoms with Gasteiger partial charge in [0.2, 0.25) is 0 Å². The summed E-state index contributed by atoms with van der Waals surface area (Å²) in [6, 6.07) is 68.2. The zero-order chi connectivity index (χ0) is 70.5. The van der Waals surface area contributed by atoms with Gasteiger partial charge in [0.15, 0.2) is 5.78 Å². The van der Waals surface area contributed by atoms with Gasteiger partial charge in [-0.05, 0) is 240 Å². The summed E-state index contributed by atoms with van der Waals surface area (Å²) in [6.45, 7) is 43.9. The van der Waals surface area contributed by atoms with Crippen LogP contribution in [0.2, 0.25) is 0 Å². The number of fused-ring (bicyclic) bond motifs is 6. The third-order valence-electron chi connectivity index (χ3n) is 22.6. The molecule has 0 N–H and O–H groups in total. The van der Waals surface area contributed by atoms with Gasteiger partial charge in [-0.25, -0.2) is 0 Å². The van der Waals surface area contributed by atoms with Gasteiger partial charge in [0.05, 0.1) is 22.4 Å². The van der Waals surface area contributed by atoms with E-state index < -0.39 is 7.12 Å². The first-order chi connectivity index (χ1) is 46.7. The highest BCUT2D eigenvalue weighted by molar-refractivity contribution is 9.10. The van der Waals surface area contributed by atoms with Crippen LogP contribution in [0.15, 0.2) is 193 Å². The van der Waals surface area contributed by atoms with Crippen LogP contribution in [0.25, 0.3) is 98.1 Å². The van der Waals surface area contributed by atoms with Crippen LogP contribution in [0.1, 0.15) is 192 Å². The molecule has 2 aliphatic carbocycles. The van der Waals surface area contributed by atoms with Gasteiger partial charge < -0.3 is 18.6 Å². The second kappa shape index (κ2) is 24.4. The number of aryl methyl sites for hydroxylation is 2. The van der Waals surface area contributed by atoms with Crippen LogP contribution in [-0.4, -0.2) is 42.4 Å². The Morgan fingerprint density at radius 2 is 0.768 bits per heavy atom. The van der Waals surface area contributed by atoms with E-state index >= 15 is 0 Å². The van der Waals surface area contributed by atoms with Crippen molar-refractivity contribution in [3.8, 4) is 11.1 Å². The molecular formula is C91H93B2BrO5. The van der Waals surface area contributed by atoms with Crippen LogP contribution in [0.4, 0.5) is 0 Å².